The second-order valence-electron chi connectivity index (χ2n) is 5.49. The number of nitrogens with one attached hydrogen (secondary N) is 1. The minimum Gasteiger partial charge on any atom is -0.478 e. The van der Waals surface area contributed by atoms with Gasteiger partial charge in [-0.25, -0.2) is 4.79 Å². The molecule has 1 atom stereocenters. The molecule has 0 spiro atoms. The van der Waals surface area contributed by atoms with Gasteiger partial charge in [-0.15, -0.1) is 0 Å². The summed E-state index contributed by atoms with van der Waals surface area (Å²) >= 11 is 0. The number of carboxylic acids is 1. The molecule has 1 unspecified atom stereocenters. The van der Waals surface area contributed by atoms with Gasteiger partial charge in [-0.05, 0) is 42.0 Å². The summed E-state index contributed by atoms with van der Waals surface area (Å²) in [5.41, 5.74) is 3.99. The summed E-state index contributed by atoms with van der Waals surface area (Å²) < 4.78 is 0. The van der Waals surface area contributed by atoms with Gasteiger partial charge in [0.2, 0.25) is 0 Å². The Hall–Kier alpha value is -2.13. The highest BCUT2D eigenvalue weighted by Crippen LogP contribution is 2.29. The Labute approximate surface area is 124 Å². The van der Waals surface area contributed by atoms with Crippen LogP contribution in [0.25, 0.3) is 0 Å². The van der Waals surface area contributed by atoms with Gasteiger partial charge in [0, 0.05) is 12.6 Å². The molecule has 3 nitrogen and oxygen atoms in total. The summed E-state index contributed by atoms with van der Waals surface area (Å²) in [7, 11) is 0. The topological polar surface area (TPSA) is 49.3 Å². The summed E-state index contributed by atoms with van der Waals surface area (Å²) in [6.07, 6.45) is 3.42. The molecule has 1 aliphatic carbocycles. The fourth-order valence-corrected chi connectivity index (χ4v) is 3.08. The molecule has 0 aromatic heterocycles. The van der Waals surface area contributed by atoms with E-state index < -0.39 is 5.97 Å². The molecule has 2 aromatic carbocycles. The standard InChI is InChI=1S/C18H19NO2/c20-18(21)16-10-4-2-7-14(16)12-19-17-11-5-8-13-6-1-3-9-15(13)17/h1-4,6-7,9-10,17,19H,5,8,11-12H2,(H,20,21). The highest BCUT2D eigenvalue weighted by molar-refractivity contribution is 5.89. The highest BCUT2D eigenvalue weighted by Gasteiger charge is 2.19. The highest BCUT2D eigenvalue weighted by atomic mass is 16.4. The Bertz CT molecular complexity index is 651. The lowest BCUT2D eigenvalue weighted by Crippen LogP contribution is -2.25. The van der Waals surface area contributed by atoms with Crippen LogP contribution in [-0.2, 0) is 13.0 Å². The number of rotatable bonds is 4. The number of aryl methyl sites for hydroxylation is 1. The Morgan fingerprint density at radius 2 is 1.90 bits per heavy atom. The Balaban J connectivity index is 1.76. The second-order valence-corrected chi connectivity index (χ2v) is 5.49. The number of carboxylic acid groups (broad SMARTS) is 1. The number of hydrogen-bond acceptors (Lipinski definition) is 2. The van der Waals surface area contributed by atoms with Gasteiger partial charge < -0.3 is 10.4 Å². The fraction of sp³-hybridized carbons (Fsp3) is 0.278. The van der Waals surface area contributed by atoms with E-state index >= 15 is 0 Å². The zero-order chi connectivity index (χ0) is 14.7. The van der Waals surface area contributed by atoms with Gasteiger partial charge in [-0.3, -0.25) is 0 Å². The van der Waals surface area contributed by atoms with Crippen LogP contribution in [0.1, 0.15) is 45.9 Å². The second kappa shape index (κ2) is 6.10. The molecular weight excluding hydrogens is 262 g/mol. The SMILES string of the molecule is O=C(O)c1ccccc1CNC1CCCc2ccccc21. The quantitative estimate of drug-likeness (QED) is 0.901. The first kappa shape index (κ1) is 13.8. The largest absolute Gasteiger partial charge is 0.478 e. The van der Waals surface area contributed by atoms with Crippen LogP contribution < -0.4 is 5.32 Å². The predicted molar refractivity (Wildman–Crippen MR) is 82.4 cm³/mol. The Kier molecular flexibility index (Phi) is 4.02. The van der Waals surface area contributed by atoms with Gasteiger partial charge >= 0.3 is 5.97 Å². The first-order valence-corrected chi connectivity index (χ1v) is 7.38. The van der Waals surface area contributed by atoms with E-state index in [9.17, 15) is 9.90 Å². The molecular formula is C18H19NO2. The number of aromatic carboxylic acids is 1. The minimum absolute atomic E-state index is 0.316. The van der Waals surface area contributed by atoms with Crippen LogP contribution in [0.2, 0.25) is 0 Å². The maximum Gasteiger partial charge on any atom is 0.336 e. The van der Waals surface area contributed by atoms with Crippen molar-refractivity contribution in [3.8, 4) is 0 Å². The molecule has 1 aliphatic rings. The number of carbonyl (C=O) groups is 1. The van der Waals surface area contributed by atoms with Gasteiger partial charge in [-0.2, -0.15) is 0 Å². The van der Waals surface area contributed by atoms with Gasteiger partial charge in [0.1, 0.15) is 0 Å². The van der Waals surface area contributed by atoms with Crippen LogP contribution in [0.3, 0.4) is 0 Å². The molecule has 21 heavy (non-hydrogen) atoms. The van der Waals surface area contributed by atoms with Crippen molar-refractivity contribution in [3.63, 3.8) is 0 Å². The van der Waals surface area contributed by atoms with Gasteiger partial charge in [0.15, 0.2) is 0 Å². The van der Waals surface area contributed by atoms with E-state index in [1.165, 1.54) is 17.5 Å². The lowest BCUT2D eigenvalue weighted by molar-refractivity contribution is 0.0695. The van der Waals surface area contributed by atoms with Crippen LogP contribution in [0, 0.1) is 0 Å². The third-order valence-corrected chi connectivity index (χ3v) is 4.16. The molecule has 0 bridgehead atoms. The van der Waals surface area contributed by atoms with Crippen LogP contribution in [-0.4, -0.2) is 11.1 Å². The molecule has 0 radical (unpaired) electrons. The monoisotopic (exact) mass is 281 g/mol. The molecule has 0 amide bonds. The van der Waals surface area contributed by atoms with E-state index in [2.05, 4.69) is 29.6 Å². The predicted octanol–water partition coefficient (Wildman–Crippen LogP) is 3.55. The molecule has 0 aliphatic heterocycles. The molecule has 2 aromatic rings. The van der Waals surface area contributed by atoms with Crippen LogP contribution in [0.4, 0.5) is 0 Å². The number of hydrogen-bond donors (Lipinski definition) is 2. The molecule has 0 fully saturated rings. The van der Waals surface area contributed by atoms with Gasteiger partial charge in [0.25, 0.3) is 0 Å². The third kappa shape index (κ3) is 2.98. The number of fused-ring (bicyclic) bond motifs is 1. The van der Waals surface area contributed by atoms with E-state index in [0.717, 1.165) is 18.4 Å². The Morgan fingerprint density at radius 3 is 2.76 bits per heavy atom. The van der Waals surface area contributed by atoms with Crippen LogP contribution >= 0.6 is 0 Å². The van der Waals surface area contributed by atoms with Gasteiger partial charge in [0.05, 0.1) is 5.56 Å². The van der Waals surface area contributed by atoms with Gasteiger partial charge in [-0.1, -0.05) is 42.5 Å². The summed E-state index contributed by atoms with van der Waals surface area (Å²) in [6, 6.07) is 16.0. The molecule has 0 heterocycles. The van der Waals surface area contributed by atoms with Crippen molar-refractivity contribution in [2.75, 3.05) is 0 Å². The van der Waals surface area contributed by atoms with Crippen LogP contribution in [0.5, 0.6) is 0 Å². The first-order valence-electron chi connectivity index (χ1n) is 7.38. The van der Waals surface area contributed by atoms with Crippen molar-refractivity contribution in [2.45, 2.75) is 31.8 Å². The smallest absolute Gasteiger partial charge is 0.336 e. The number of benzene rings is 2. The maximum absolute atomic E-state index is 11.2. The van der Waals surface area contributed by atoms with Crippen molar-refractivity contribution in [1.29, 1.82) is 0 Å². The zero-order valence-electron chi connectivity index (χ0n) is 11.9. The molecule has 108 valence electrons. The van der Waals surface area contributed by atoms with Crippen LogP contribution in [0.15, 0.2) is 48.5 Å². The average molecular weight is 281 g/mol. The van der Waals surface area contributed by atoms with E-state index in [0.29, 0.717) is 18.2 Å². The molecule has 3 rings (SSSR count). The third-order valence-electron chi connectivity index (χ3n) is 4.16. The molecule has 3 heteroatoms. The van der Waals surface area contributed by atoms with Crippen molar-refractivity contribution in [1.82, 2.24) is 5.32 Å². The fourth-order valence-electron chi connectivity index (χ4n) is 3.08. The molecule has 0 saturated heterocycles. The molecule has 2 N–H and O–H groups in total. The molecule has 0 saturated carbocycles. The average Bonchev–Trinajstić information content (AvgIpc) is 2.53. The van der Waals surface area contributed by atoms with Crippen molar-refractivity contribution >= 4 is 5.97 Å². The van der Waals surface area contributed by atoms with E-state index in [1.807, 2.05) is 12.1 Å². The lowest BCUT2D eigenvalue weighted by Gasteiger charge is -2.26. The zero-order valence-corrected chi connectivity index (χ0v) is 11.9. The lowest BCUT2D eigenvalue weighted by atomic mass is 9.87. The summed E-state index contributed by atoms with van der Waals surface area (Å²) in [5, 5.41) is 12.8. The van der Waals surface area contributed by atoms with Crippen molar-refractivity contribution in [2.24, 2.45) is 0 Å². The van der Waals surface area contributed by atoms with E-state index in [1.54, 1.807) is 12.1 Å². The summed E-state index contributed by atoms with van der Waals surface area (Å²) in [6.45, 7) is 0.585. The Morgan fingerprint density at radius 1 is 1.14 bits per heavy atom. The summed E-state index contributed by atoms with van der Waals surface area (Å²) in [4.78, 5) is 11.2. The van der Waals surface area contributed by atoms with Crippen molar-refractivity contribution in [3.05, 3.63) is 70.8 Å². The van der Waals surface area contributed by atoms with Crippen molar-refractivity contribution < 1.29 is 9.90 Å². The minimum atomic E-state index is -0.864. The summed E-state index contributed by atoms with van der Waals surface area (Å²) in [5.74, 6) is -0.864. The van der Waals surface area contributed by atoms with E-state index in [4.69, 9.17) is 0 Å². The van der Waals surface area contributed by atoms with E-state index in [-0.39, 0.29) is 0 Å². The first-order chi connectivity index (χ1) is 10.3. The normalized spacial score (nSPS) is 17.2. The maximum atomic E-state index is 11.2.